The summed E-state index contributed by atoms with van der Waals surface area (Å²) < 4.78 is 12.0. The normalized spacial score (nSPS) is 11.8. The van der Waals surface area contributed by atoms with Gasteiger partial charge in [0, 0.05) is 21.9 Å². The first-order valence-corrected chi connectivity index (χ1v) is 14.8. The highest BCUT2D eigenvalue weighted by atomic mass is 16.4. The summed E-state index contributed by atoms with van der Waals surface area (Å²) in [6, 6.07) is 32.2. The van der Waals surface area contributed by atoms with Gasteiger partial charge in [-0.2, -0.15) is 0 Å². The van der Waals surface area contributed by atoms with Crippen molar-refractivity contribution in [3.63, 3.8) is 0 Å². The monoisotopic (exact) mass is 572 g/mol. The fraction of sp³-hybridized carbons (Fsp3) is 0.100. The van der Waals surface area contributed by atoms with E-state index >= 15 is 0 Å². The van der Waals surface area contributed by atoms with Crippen molar-refractivity contribution in [3.05, 3.63) is 140 Å². The number of aryl methyl sites for hydroxylation is 4. The number of hydrogen-bond acceptors (Lipinski definition) is 4. The van der Waals surface area contributed by atoms with Gasteiger partial charge in [-0.15, -0.1) is 0 Å². The first-order valence-electron chi connectivity index (χ1n) is 14.8. The topological polar surface area (TPSA) is 60.4 Å². The smallest absolute Gasteiger partial charge is 0.344 e. The number of benzene rings is 6. The molecule has 4 nitrogen and oxygen atoms in total. The third-order valence-corrected chi connectivity index (χ3v) is 9.21. The quantitative estimate of drug-likeness (QED) is 0.153. The molecule has 0 fully saturated rings. The molecule has 0 saturated heterocycles. The molecule has 0 unspecified atom stereocenters. The van der Waals surface area contributed by atoms with Crippen LogP contribution in [0.5, 0.6) is 0 Å². The van der Waals surface area contributed by atoms with Crippen LogP contribution in [-0.2, 0) is 0 Å². The maximum Gasteiger partial charge on any atom is 0.344 e. The van der Waals surface area contributed by atoms with Gasteiger partial charge in [-0.05, 0) is 94.4 Å². The summed E-state index contributed by atoms with van der Waals surface area (Å²) in [6.45, 7) is 8.04. The molecular formula is C40H28O4. The fourth-order valence-electron chi connectivity index (χ4n) is 7.17. The Morgan fingerprint density at radius 1 is 0.409 bits per heavy atom. The standard InChI is InChI=1S/C40H28O4/c1-21-13-17-30-29(33(21)37-23(3)35-27-11-7-5-9-25(27)15-19-31(35)43-39(37)41)18-14-22(2)34(30)38-24(4)36-28-12-8-6-10-26(28)16-20-32(36)44-40(38)42/h5-20H,1-4H3. The average molecular weight is 573 g/mol. The van der Waals surface area contributed by atoms with Gasteiger partial charge < -0.3 is 8.83 Å². The molecule has 0 aliphatic carbocycles. The minimum absolute atomic E-state index is 0.379. The lowest BCUT2D eigenvalue weighted by molar-refractivity contribution is 0.562. The van der Waals surface area contributed by atoms with Crippen LogP contribution in [0, 0.1) is 27.7 Å². The molecule has 0 bridgehead atoms. The van der Waals surface area contributed by atoms with Gasteiger partial charge in [0.05, 0.1) is 11.1 Å². The van der Waals surface area contributed by atoms with E-state index in [-0.39, 0.29) is 11.3 Å². The van der Waals surface area contributed by atoms with Crippen molar-refractivity contribution in [2.75, 3.05) is 0 Å². The fourth-order valence-corrected chi connectivity index (χ4v) is 7.17. The predicted molar refractivity (Wildman–Crippen MR) is 181 cm³/mol. The molecule has 2 aromatic heterocycles. The summed E-state index contributed by atoms with van der Waals surface area (Å²) in [6.07, 6.45) is 0. The molecule has 2 heterocycles. The molecule has 8 aromatic rings. The molecule has 0 saturated carbocycles. The Bertz CT molecular complexity index is 2450. The van der Waals surface area contributed by atoms with E-state index in [4.69, 9.17) is 8.83 Å². The van der Waals surface area contributed by atoms with E-state index in [9.17, 15) is 9.59 Å². The van der Waals surface area contributed by atoms with Gasteiger partial charge >= 0.3 is 11.3 Å². The van der Waals surface area contributed by atoms with Gasteiger partial charge in [-0.3, -0.25) is 0 Å². The van der Waals surface area contributed by atoms with E-state index in [2.05, 4.69) is 36.4 Å². The number of hydrogen-bond donors (Lipinski definition) is 0. The Morgan fingerprint density at radius 3 is 1.25 bits per heavy atom. The zero-order valence-corrected chi connectivity index (χ0v) is 24.9. The van der Waals surface area contributed by atoms with Crippen LogP contribution in [0.15, 0.2) is 115 Å². The summed E-state index contributed by atoms with van der Waals surface area (Å²) in [5.74, 6) is 0. The van der Waals surface area contributed by atoms with Gasteiger partial charge in [0.15, 0.2) is 0 Å². The van der Waals surface area contributed by atoms with Crippen LogP contribution in [0.2, 0.25) is 0 Å². The maximum absolute atomic E-state index is 13.8. The van der Waals surface area contributed by atoms with E-state index in [1.54, 1.807) is 0 Å². The molecule has 0 atom stereocenters. The highest BCUT2D eigenvalue weighted by Crippen LogP contribution is 2.42. The van der Waals surface area contributed by atoms with Crippen LogP contribution in [0.3, 0.4) is 0 Å². The lowest BCUT2D eigenvalue weighted by atomic mass is 9.85. The Kier molecular flexibility index (Phi) is 5.66. The maximum atomic E-state index is 13.8. The molecule has 0 spiro atoms. The van der Waals surface area contributed by atoms with Crippen molar-refractivity contribution in [1.82, 2.24) is 0 Å². The minimum Gasteiger partial charge on any atom is -0.422 e. The molecule has 0 aliphatic rings. The number of fused-ring (bicyclic) bond motifs is 7. The van der Waals surface area contributed by atoms with Crippen molar-refractivity contribution in [2.45, 2.75) is 27.7 Å². The molecular weight excluding hydrogens is 544 g/mol. The van der Waals surface area contributed by atoms with Gasteiger partial charge in [-0.25, -0.2) is 9.59 Å². The first kappa shape index (κ1) is 26.2. The summed E-state index contributed by atoms with van der Waals surface area (Å²) >= 11 is 0. The van der Waals surface area contributed by atoms with E-state index in [1.165, 1.54) is 0 Å². The molecule has 0 N–H and O–H groups in total. The van der Waals surface area contributed by atoms with Crippen LogP contribution in [0.4, 0.5) is 0 Å². The summed E-state index contributed by atoms with van der Waals surface area (Å²) in [7, 11) is 0. The van der Waals surface area contributed by atoms with E-state index in [0.717, 1.165) is 76.5 Å². The SMILES string of the molecule is Cc1ccc2c(-c3c(C)c4c(ccc5ccccc54)oc3=O)c(C)ccc2c1-c1c(C)c2c(ccc3ccccc32)oc1=O. The zero-order chi connectivity index (χ0) is 30.3. The largest absolute Gasteiger partial charge is 0.422 e. The third-order valence-electron chi connectivity index (χ3n) is 9.21. The van der Waals surface area contributed by atoms with Crippen LogP contribution >= 0.6 is 0 Å². The number of rotatable bonds is 2. The summed E-state index contributed by atoms with van der Waals surface area (Å²) in [4.78, 5) is 27.5. The van der Waals surface area contributed by atoms with E-state index in [1.807, 2.05) is 88.4 Å². The lowest BCUT2D eigenvalue weighted by Crippen LogP contribution is -2.09. The molecule has 212 valence electrons. The second-order valence-corrected chi connectivity index (χ2v) is 11.7. The molecule has 44 heavy (non-hydrogen) atoms. The average Bonchev–Trinajstić information content (AvgIpc) is 3.02. The Balaban J connectivity index is 1.49. The van der Waals surface area contributed by atoms with Crippen LogP contribution < -0.4 is 11.3 Å². The second kappa shape index (κ2) is 9.51. The summed E-state index contributed by atoms with van der Waals surface area (Å²) in [5, 5.41) is 7.88. The molecule has 0 radical (unpaired) electrons. The zero-order valence-electron chi connectivity index (χ0n) is 24.9. The van der Waals surface area contributed by atoms with Gasteiger partial charge in [-0.1, -0.05) is 84.9 Å². The molecule has 8 rings (SSSR count). The van der Waals surface area contributed by atoms with Crippen molar-refractivity contribution in [2.24, 2.45) is 0 Å². The van der Waals surface area contributed by atoms with Crippen molar-refractivity contribution < 1.29 is 8.83 Å². The predicted octanol–water partition coefficient (Wildman–Crippen LogP) is 9.93. The van der Waals surface area contributed by atoms with Crippen molar-refractivity contribution in [1.29, 1.82) is 0 Å². The van der Waals surface area contributed by atoms with Crippen molar-refractivity contribution >= 4 is 54.3 Å². The first-order chi connectivity index (χ1) is 21.3. The Hall–Kier alpha value is -5.48. The van der Waals surface area contributed by atoms with E-state index in [0.29, 0.717) is 22.3 Å². The van der Waals surface area contributed by atoms with Gasteiger partial charge in [0.25, 0.3) is 0 Å². The third kappa shape index (κ3) is 3.64. The Labute approximate surface area is 252 Å². The van der Waals surface area contributed by atoms with Gasteiger partial charge in [0.1, 0.15) is 11.2 Å². The van der Waals surface area contributed by atoms with Crippen LogP contribution in [-0.4, -0.2) is 0 Å². The Morgan fingerprint density at radius 2 is 0.818 bits per heavy atom. The van der Waals surface area contributed by atoms with E-state index < -0.39 is 0 Å². The van der Waals surface area contributed by atoms with Crippen LogP contribution in [0.1, 0.15) is 22.3 Å². The minimum atomic E-state index is -0.379. The summed E-state index contributed by atoms with van der Waals surface area (Å²) in [5.41, 5.74) is 6.76. The lowest BCUT2D eigenvalue weighted by Gasteiger charge is -2.18. The molecule has 0 aliphatic heterocycles. The molecule has 4 heteroatoms. The van der Waals surface area contributed by atoms with Crippen LogP contribution in [0.25, 0.3) is 76.5 Å². The molecule has 0 amide bonds. The van der Waals surface area contributed by atoms with Gasteiger partial charge in [0.2, 0.25) is 0 Å². The van der Waals surface area contributed by atoms with Crippen molar-refractivity contribution in [3.8, 4) is 22.3 Å². The highest BCUT2D eigenvalue weighted by Gasteiger charge is 2.23. The highest BCUT2D eigenvalue weighted by molar-refractivity contribution is 6.13. The second-order valence-electron chi connectivity index (χ2n) is 11.7. The molecule has 6 aromatic carbocycles.